The maximum absolute atomic E-state index is 13.1. The summed E-state index contributed by atoms with van der Waals surface area (Å²) in [6.45, 7) is 0.549. The second kappa shape index (κ2) is 9.39. The number of urea groups is 1. The highest BCUT2D eigenvalue weighted by molar-refractivity contribution is 6.30. The van der Waals surface area contributed by atoms with Crippen molar-refractivity contribution in [2.24, 2.45) is 15.9 Å². The summed E-state index contributed by atoms with van der Waals surface area (Å²) in [6.07, 6.45) is 12.8. The highest BCUT2D eigenvalue weighted by Gasteiger charge is 2.28. The van der Waals surface area contributed by atoms with Crippen molar-refractivity contribution in [3.8, 4) is 0 Å². The molecule has 156 valence electrons. The van der Waals surface area contributed by atoms with Gasteiger partial charge in [0.25, 0.3) is 5.91 Å². The van der Waals surface area contributed by atoms with Crippen LogP contribution in [0.4, 0.5) is 4.79 Å². The molecule has 1 atom stereocenters. The maximum Gasteiger partial charge on any atom is 0.318 e. The largest absolute Gasteiger partial charge is 0.335 e. The highest BCUT2D eigenvalue weighted by Crippen LogP contribution is 2.20. The number of hydrogen-bond donors (Lipinski definition) is 1. The van der Waals surface area contributed by atoms with Crippen LogP contribution >= 0.6 is 11.6 Å². The lowest BCUT2D eigenvalue weighted by Gasteiger charge is -2.29. The Kier molecular flexibility index (Phi) is 6.43. The summed E-state index contributed by atoms with van der Waals surface area (Å²) in [4.78, 5) is 35.9. The van der Waals surface area contributed by atoms with E-state index in [2.05, 4.69) is 15.3 Å². The molecule has 3 amide bonds. The van der Waals surface area contributed by atoms with Crippen LogP contribution in [0.3, 0.4) is 0 Å². The van der Waals surface area contributed by atoms with E-state index >= 15 is 0 Å². The van der Waals surface area contributed by atoms with Gasteiger partial charge in [0.1, 0.15) is 5.92 Å². The fourth-order valence-electron chi connectivity index (χ4n) is 3.98. The number of fused-ring (bicyclic) bond motifs is 1. The van der Waals surface area contributed by atoms with Crippen LogP contribution in [0.5, 0.6) is 0 Å². The first-order valence-electron chi connectivity index (χ1n) is 10.4. The van der Waals surface area contributed by atoms with Gasteiger partial charge in [-0.1, -0.05) is 61.2 Å². The van der Waals surface area contributed by atoms with Crippen LogP contribution in [0.2, 0.25) is 5.02 Å². The first kappa shape index (κ1) is 20.5. The van der Waals surface area contributed by atoms with Gasteiger partial charge in [-0.05, 0) is 36.6 Å². The number of aliphatic imine (C=N–C) groups is 2. The molecule has 3 aliphatic rings. The molecule has 2 aliphatic carbocycles. The summed E-state index contributed by atoms with van der Waals surface area (Å²) in [5.41, 5.74) is 1.62. The number of amidine groups is 1. The molecule has 1 unspecified atom stereocenters. The summed E-state index contributed by atoms with van der Waals surface area (Å²) in [5, 5.41) is 3.80. The molecule has 4 rings (SSSR count). The minimum absolute atomic E-state index is 0.159. The van der Waals surface area contributed by atoms with Crippen LogP contribution < -0.4 is 5.32 Å². The average molecular weight is 425 g/mol. The van der Waals surface area contributed by atoms with Gasteiger partial charge in [-0.25, -0.2) is 9.79 Å². The van der Waals surface area contributed by atoms with Crippen LogP contribution in [0.15, 0.2) is 58.6 Å². The van der Waals surface area contributed by atoms with Gasteiger partial charge in [0.2, 0.25) is 0 Å². The standard InChI is InChI=1S/C23H25ClN4O2/c24-17-12-10-16(11-13-17)14-28(23(30)25-18-6-2-1-3-7-18)15-21-26-20-9-5-4-8-19(20)22(29)27-21/h4-5,8-13,18-19H,1-3,6-7,14-15H2,(H,25,30). The first-order chi connectivity index (χ1) is 14.6. The molecule has 7 heteroatoms. The Bertz CT molecular complexity index is 927. The molecule has 1 saturated carbocycles. The van der Waals surface area contributed by atoms with Crippen molar-refractivity contribution in [1.82, 2.24) is 10.2 Å². The minimum atomic E-state index is -0.417. The Morgan fingerprint density at radius 3 is 2.60 bits per heavy atom. The van der Waals surface area contributed by atoms with E-state index in [1.165, 1.54) is 6.42 Å². The van der Waals surface area contributed by atoms with Gasteiger partial charge in [-0.2, -0.15) is 4.99 Å². The van der Waals surface area contributed by atoms with Crippen LogP contribution in [-0.2, 0) is 11.3 Å². The molecule has 0 spiro atoms. The summed E-state index contributed by atoms with van der Waals surface area (Å²) < 4.78 is 0. The molecule has 1 fully saturated rings. The molecule has 0 radical (unpaired) electrons. The zero-order chi connectivity index (χ0) is 20.9. The summed E-state index contributed by atoms with van der Waals surface area (Å²) >= 11 is 6.00. The number of nitrogens with zero attached hydrogens (tertiary/aromatic N) is 3. The Labute approximate surface area is 181 Å². The third-order valence-electron chi connectivity index (χ3n) is 5.60. The first-order valence-corrected chi connectivity index (χ1v) is 10.8. The summed E-state index contributed by atoms with van der Waals surface area (Å²) in [5.74, 6) is -0.298. The van der Waals surface area contributed by atoms with E-state index in [1.54, 1.807) is 23.1 Å². The van der Waals surface area contributed by atoms with E-state index in [-0.39, 0.29) is 24.5 Å². The van der Waals surface area contributed by atoms with Crippen molar-refractivity contribution in [3.63, 3.8) is 0 Å². The van der Waals surface area contributed by atoms with Crippen molar-refractivity contribution in [2.45, 2.75) is 44.7 Å². The predicted octanol–water partition coefficient (Wildman–Crippen LogP) is 4.31. The van der Waals surface area contributed by atoms with Crippen LogP contribution in [0.1, 0.15) is 37.7 Å². The summed E-state index contributed by atoms with van der Waals surface area (Å²) in [6, 6.07) is 7.44. The van der Waals surface area contributed by atoms with Crippen molar-refractivity contribution in [1.29, 1.82) is 0 Å². The number of carbonyl (C=O) groups is 2. The lowest BCUT2D eigenvalue weighted by molar-refractivity contribution is -0.118. The molecule has 1 aromatic carbocycles. The van der Waals surface area contributed by atoms with Gasteiger partial charge in [-0.15, -0.1) is 0 Å². The molecule has 1 N–H and O–H groups in total. The number of carbonyl (C=O) groups excluding carboxylic acids is 2. The maximum atomic E-state index is 13.1. The molecular formula is C23H25ClN4O2. The molecule has 6 nitrogen and oxygen atoms in total. The normalized spacial score (nSPS) is 21.0. The molecule has 1 aromatic rings. The van der Waals surface area contributed by atoms with Crippen molar-refractivity contribution in [2.75, 3.05) is 6.54 Å². The topological polar surface area (TPSA) is 74.1 Å². The second-order valence-electron chi connectivity index (χ2n) is 7.89. The fraction of sp³-hybridized carbons (Fsp3) is 0.391. The zero-order valence-corrected chi connectivity index (χ0v) is 17.5. The van der Waals surface area contributed by atoms with E-state index in [0.717, 1.165) is 31.2 Å². The van der Waals surface area contributed by atoms with Crippen molar-refractivity contribution < 1.29 is 9.59 Å². The lowest BCUT2D eigenvalue weighted by Crippen LogP contribution is -2.47. The van der Waals surface area contributed by atoms with Gasteiger partial charge in [0.05, 0.1) is 12.3 Å². The molecule has 1 heterocycles. The Morgan fingerprint density at radius 2 is 1.83 bits per heavy atom. The van der Waals surface area contributed by atoms with E-state index in [9.17, 15) is 9.59 Å². The third-order valence-corrected chi connectivity index (χ3v) is 5.85. The quantitative estimate of drug-likeness (QED) is 0.764. The lowest BCUT2D eigenvalue weighted by atomic mass is 9.96. The number of halogens is 1. The number of nitrogens with one attached hydrogen (secondary N) is 1. The van der Waals surface area contributed by atoms with E-state index < -0.39 is 5.92 Å². The van der Waals surface area contributed by atoms with Crippen LogP contribution in [-0.4, -0.2) is 41.0 Å². The predicted molar refractivity (Wildman–Crippen MR) is 119 cm³/mol. The molecule has 30 heavy (non-hydrogen) atoms. The molecular weight excluding hydrogens is 400 g/mol. The minimum Gasteiger partial charge on any atom is -0.335 e. The third kappa shape index (κ3) is 5.05. The van der Waals surface area contributed by atoms with Crippen LogP contribution in [0.25, 0.3) is 0 Å². The molecule has 0 aromatic heterocycles. The number of benzene rings is 1. The Hall–Kier alpha value is -2.73. The molecule has 0 bridgehead atoms. The van der Waals surface area contributed by atoms with Gasteiger partial charge >= 0.3 is 6.03 Å². The van der Waals surface area contributed by atoms with E-state index in [0.29, 0.717) is 23.1 Å². The SMILES string of the molecule is O=C1N=C(CN(Cc2ccc(Cl)cc2)C(=O)NC2CCCCC2)N=C2C=CC=CC12. The second-order valence-corrected chi connectivity index (χ2v) is 8.33. The van der Waals surface area contributed by atoms with Gasteiger partial charge in [-0.3, -0.25) is 4.79 Å². The number of hydrogen-bond acceptors (Lipinski definition) is 3. The average Bonchev–Trinajstić information content (AvgIpc) is 2.75. The number of allylic oxidation sites excluding steroid dienone is 3. The Balaban J connectivity index is 1.51. The highest BCUT2D eigenvalue weighted by atomic mass is 35.5. The van der Waals surface area contributed by atoms with Crippen molar-refractivity contribution >= 4 is 35.1 Å². The number of rotatable bonds is 5. The van der Waals surface area contributed by atoms with Crippen molar-refractivity contribution in [3.05, 3.63) is 59.2 Å². The number of amides is 3. The fourth-order valence-corrected chi connectivity index (χ4v) is 4.11. The van der Waals surface area contributed by atoms with Gasteiger partial charge < -0.3 is 10.2 Å². The summed E-state index contributed by atoms with van der Waals surface area (Å²) in [7, 11) is 0. The van der Waals surface area contributed by atoms with E-state index in [4.69, 9.17) is 11.6 Å². The monoisotopic (exact) mass is 424 g/mol. The van der Waals surface area contributed by atoms with Crippen LogP contribution in [0, 0.1) is 5.92 Å². The smallest absolute Gasteiger partial charge is 0.318 e. The zero-order valence-electron chi connectivity index (χ0n) is 16.8. The van der Waals surface area contributed by atoms with Gasteiger partial charge in [0, 0.05) is 17.6 Å². The molecule has 1 aliphatic heterocycles. The van der Waals surface area contributed by atoms with E-state index in [1.807, 2.05) is 30.4 Å². The molecule has 0 saturated heterocycles. The van der Waals surface area contributed by atoms with Gasteiger partial charge in [0.15, 0.2) is 5.84 Å². The Morgan fingerprint density at radius 1 is 1.07 bits per heavy atom.